The summed E-state index contributed by atoms with van der Waals surface area (Å²) in [6, 6.07) is 11.0. The van der Waals surface area contributed by atoms with E-state index in [2.05, 4.69) is 15.3 Å². The minimum Gasteiger partial charge on any atom is -0.481 e. The summed E-state index contributed by atoms with van der Waals surface area (Å²) in [4.78, 5) is 19.4. The minimum absolute atomic E-state index is 0.00111. The molecule has 2 N–H and O–H groups in total. The van der Waals surface area contributed by atoms with Crippen molar-refractivity contribution >= 4 is 40.1 Å². The first-order chi connectivity index (χ1) is 15.7. The number of carboxylic acids is 1. The van der Waals surface area contributed by atoms with E-state index in [1.165, 1.54) is 24.5 Å². The molecule has 0 unspecified atom stereocenters. The molecule has 33 heavy (non-hydrogen) atoms. The van der Waals surface area contributed by atoms with E-state index in [4.69, 9.17) is 21.4 Å². The fourth-order valence-corrected chi connectivity index (χ4v) is 3.41. The summed E-state index contributed by atoms with van der Waals surface area (Å²) in [5, 5.41) is 12.2. The number of nitrogens with one attached hydrogen (secondary N) is 1. The van der Waals surface area contributed by atoms with E-state index in [-0.39, 0.29) is 29.5 Å². The zero-order valence-corrected chi connectivity index (χ0v) is 17.6. The Hall–Kier alpha value is -3.79. The molecule has 0 amide bonds. The quantitative estimate of drug-likeness (QED) is 0.334. The van der Waals surface area contributed by atoms with Crippen LogP contribution < -0.4 is 10.1 Å². The summed E-state index contributed by atoms with van der Waals surface area (Å²) in [5.41, 5.74) is 0.975. The molecular weight excluding hydrogens is 461 g/mol. The topological polar surface area (TPSA) is 89.3 Å². The molecule has 0 aliphatic rings. The predicted octanol–water partition coefficient (Wildman–Crippen LogP) is 6.11. The number of rotatable bonds is 7. The Bertz CT molecular complexity index is 1320. The standard InChI is InChI=1S/C22H16ClF3N4O3/c23-16-11-14(4-5-18(16)33-15-3-1-2-13(10-15)22(24,25)26)29-21-20-17(27-12-28-21)6-8-30(20)9-7-19(31)32/h1-6,8,10-12H,7,9H2,(H,31,32)(H,27,28,29). The minimum atomic E-state index is -4.48. The van der Waals surface area contributed by atoms with Gasteiger partial charge in [-0.05, 0) is 42.5 Å². The third-order valence-electron chi connectivity index (χ3n) is 4.70. The Morgan fingerprint density at radius 1 is 1.15 bits per heavy atom. The zero-order chi connectivity index (χ0) is 23.6. The van der Waals surface area contributed by atoms with Gasteiger partial charge in [0, 0.05) is 18.4 Å². The number of nitrogens with zero attached hydrogens (tertiary/aromatic N) is 3. The Kier molecular flexibility index (Phi) is 6.10. The maximum absolute atomic E-state index is 12.9. The van der Waals surface area contributed by atoms with Crippen molar-refractivity contribution in [3.05, 3.63) is 71.6 Å². The molecule has 0 saturated carbocycles. The maximum Gasteiger partial charge on any atom is 0.416 e. The Balaban J connectivity index is 1.56. The van der Waals surface area contributed by atoms with E-state index in [9.17, 15) is 18.0 Å². The highest BCUT2D eigenvalue weighted by Gasteiger charge is 2.30. The molecule has 170 valence electrons. The van der Waals surface area contributed by atoms with Crippen LogP contribution in [0.15, 0.2) is 61.1 Å². The molecule has 4 aromatic rings. The van der Waals surface area contributed by atoms with Crippen LogP contribution in [-0.4, -0.2) is 25.6 Å². The van der Waals surface area contributed by atoms with Gasteiger partial charge < -0.3 is 19.7 Å². The summed E-state index contributed by atoms with van der Waals surface area (Å²) in [6.45, 7) is 0.241. The van der Waals surface area contributed by atoms with Crippen LogP contribution in [0.25, 0.3) is 11.0 Å². The van der Waals surface area contributed by atoms with Crippen LogP contribution in [0.2, 0.25) is 5.02 Å². The molecular formula is C22H16ClF3N4O3. The van der Waals surface area contributed by atoms with Gasteiger partial charge in [0.05, 0.1) is 22.5 Å². The van der Waals surface area contributed by atoms with Crippen molar-refractivity contribution < 1.29 is 27.8 Å². The molecule has 0 aliphatic heterocycles. The number of alkyl halides is 3. The lowest BCUT2D eigenvalue weighted by atomic mass is 10.2. The molecule has 0 atom stereocenters. The highest BCUT2D eigenvalue weighted by atomic mass is 35.5. The normalized spacial score (nSPS) is 11.5. The van der Waals surface area contributed by atoms with Crippen molar-refractivity contribution in [2.45, 2.75) is 19.1 Å². The molecule has 0 radical (unpaired) electrons. The van der Waals surface area contributed by atoms with Gasteiger partial charge in [-0.15, -0.1) is 0 Å². The van der Waals surface area contributed by atoms with Crippen molar-refractivity contribution in [1.29, 1.82) is 0 Å². The van der Waals surface area contributed by atoms with Crippen LogP contribution >= 0.6 is 11.6 Å². The molecule has 0 fully saturated rings. The number of carbonyl (C=O) groups is 1. The van der Waals surface area contributed by atoms with E-state index in [0.29, 0.717) is 22.5 Å². The van der Waals surface area contributed by atoms with E-state index in [1.54, 1.807) is 29.0 Å². The van der Waals surface area contributed by atoms with Crippen LogP contribution in [0.4, 0.5) is 24.7 Å². The SMILES string of the molecule is O=C(O)CCn1ccc2ncnc(Nc3ccc(Oc4cccc(C(F)(F)F)c4)c(Cl)c3)c21. The van der Waals surface area contributed by atoms with E-state index in [1.807, 2.05) is 0 Å². The molecule has 2 heterocycles. The highest BCUT2D eigenvalue weighted by Crippen LogP contribution is 2.36. The lowest BCUT2D eigenvalue weighted by Crippen LogP contribution is -2.05. The van der Waals surface area contributed by atoms with Gasteiger partial charge in [0.25, 0.3) is 0 Å². The van der Waals surface area contributed by atoms with E-state index in [0.717, 1.165) is 12.1 Å². The fourth-order valence-electron chi connectivity index (χ4n) is 3.19. The molecule has 0 aliphatic carbocycles. The molecule has 4 rings (SSSR count). The summed E-state index contributed by atoms with van der Waals surface area (Å²) >= 11 is 6.30. The number of hydrogen-bond acceptors (Lipinski definition) is 5. The van der Waals surface area contributed by atoms with Gasteiger partial charge in [-0.2, -0.15) is 13.2 Å². The Labute approximate surface area is 190 Å². The molecule has 7 nitrogen and oxygen atoms in total. The van der Waals surface area contributed by atoms with Crippen molar-refractivity contribution in [2.24, 2.45) is 0 Å². The first-order valence-corrected chi connectivity index (χ1v) is 10.0. The van der Waals surface area contributed by atoms with Crippen LogP contribution in [0.1, 0.15) is 12.0 Å². The smallest absolute Gasteiger partial charge is 0.416 e. The van der Waals surface area contributed by atoms with Gasteiger partial charge in [-0.1, -0.05) is 17.7 Å². The Morgan fingerprint density at radius 3 is 2.70 bits per heavy atom. The van der Waals surface area contributed by atoms with E-state index < -0.39 is 17.7 Å². The summed E-state index contributed by atoms with van der Waals surface area (Å²) in [5.74, 6) is -0.301. The molecule has 0 spiro atoms. The van der Waals surface area contributed by atoms with Crippen molar-refractivity contribution in [3.8, 4) is 11.5 Å². The number of carboxylic acid groups (broad SMARTS) is 1. The summed E-state index contributed by atoms with van der Waals surface area (Å²) in [7, 11) is 0. The number of halogens is 4. The third-order valence-corrected chi connectivity index (χ3v) is 5.00. The fraction of sp³-hybridized carbons (Fsp3) is 0.136. The maximum atomic E-state index is 12.9. The number of aryl methyl sites for hydroxylation is 1. The first kappa shape index (κ1) is 22.4. The average Bonchev–Trinajstić information content (AvgIpc) is 3.18. The molecule has 11 heteroatoms. The van der Waals surface area contributed by atoms with Crippen LogP contribution in [0, 0.1) is 0 Å². The van der Waals surface area contributed by atoms with Crippen molar-refractivity contribution in [2.75, 3.05) is 5.32 Å². The second-order valence-corrected chi connectivity index (χ2v) is 7.41. The van der Waals surface area contributed by atoms with Crippen molar-refractivity contribution in [3.63, 3.8) is 0 Å². The lowest BCUT2D eigenvalue weighted by molar-refractivity contribution is -0.138. The first-order valence-electron chi connectivity index (χ1n) is 9.64. The number of anilines is 2. The van der Waals surface area contributed by atoms with Crippen LogP contribution in [0.3, 0.4) is 0 Å². The lowest BCUT2D eigenvalue weighted by Gasteiger charge is -2.13. The number of fused-ring (bicyclic) bond motifs is 1. The average molecular weight is 477 g/mol. The number of ether oxygens (including phenoxy) is 1. The monoisotopic (exact) mass is 476 g/mol. The van der Waals surface area contributed by atoms with Crippen molar-refractivity contribution in [1.82, 2.24) is 14.5 Å². The summed E-state index contributed by atoms with van der Waals surface area (Å²) in [6.07, 6.45) is -1.45. The number of aliphatic carboxylic acids is 1. The zero-order valence-electron chi connectivity index (χ0n) is 16.8. The van der Waals surface area contributed by atoms with E-state index >= 15 is 0 Å². The second-order valence-electron chi connectivity index (χ2n) is 7.01. The number of hydrogen-bond donors (Lipinski definition) is 2. The number of aromatic nitrogens is 3. The second kappa shape index (κ2) is 8.99. The molecule has 0 saturated heterocycles. The third kappa shape index (κ3) is 5.17. The predicted molar refractivity (Wildman–Crippen MR) is 116 cm³/mol. The van der Waals surface area contributed by atoms with Gasteiger partial charge in [-0.3, -0.25) is 4.79 Å². The Morgan fingerprint density at radius 2 is 1.97 bits per heavy atom. The summed E-state index contributed by atoms with van der Waals surface area (Å²) < 4.78 is 46.0. The van der Waals surface area contributed by atoms with Gasteiger partial charge in [0.1, 0.15) is 23.3 Å². The number of benzene rings is 2. The van der Waals surface area contributed by atoms with Crippen LogP contribution in [0.5, 0.6) is 11.5 Å². The van der Waals surface area contributed by atoms with Crippen LogP contribution in [-0.2, 0) is 17.5 Å². The molecule has 2 aromatic heterocycles. The van der Waals surface area contributed by atoms with Gasteiger partial charge >= 0.3 is 12.1 Å². The largest absolute Gasteiger partial charge is 0.481 e. The molecule has 2 aromatic carbocycles. The van der Waals surface area contributed by atoms with Gasteiger partial charge in [0.2, 0.25) is 0 Å². The van der Waals surface area contributed by atoms with Gasteiger partial charge in [0.15, 0.2) is 5.82 Å². The highest BCUT2D eigenvalue weighted by molar-refractivity contribution is 6.32. The molecule has 0 bridgehead atoms. The van der Waals surface area contributed by atoms with Gasteiger partial charge in [-0.25, -0.2) is 9.97 Å².